The summed E-state index contributed by atoms with van der Waals surface area (Å²) in [5.41, 5.74) is 2.18. The van der Waals surface area contributed by atoms with Gasteiger partial charge in [-0.25, -0.2) is 0 Å². The van der Waals surface area contributed by atoms with Crippen molar-refractivity contribution in [2.24, 2.45) is 24.8 Å². The van der Waals surface area contributed by atoms with Crippen molar-refractivity contribution in [1.82, 2.24) is 9.78 Å². The number of anilines is 1. The molecule has 0 unspecified atom stereocenters. The van der Waals surface area contributed by atoms with E-state index in [1.807, 2.05) is 14.0 Å². The van der Waals surface area contributed by atoms with Gasteiger partial charge in [0, 0.05) is 19.0 Å². The van der Waals surface area contributed by atoms with Crippen LogP contribution in [0, 0.1) is 24.7 Å². The molecule has 0 aromatic carbocycles. The molecule has 0 radical (unpaired) electrons. The number of carbonyl (C=O) groups excluding carboxylic acids is 1. The molecule has 20 heavy (non-hydrogen) atoms. The molecule has 2 saturated carbocycles. The third-order valence-electron chi connectivity index (χ3n) is 5.31. The Balaban J connectivity index is 1.63. The fourth-order valence-corrected chi connectivity index (χ4v) is 4.24. The lowest BCUT2D eigenvalue weighted by Gasteiger charge is -2.21. The molecule has 2 aliphatic rings. The summed E-state index contributed by atoms with van der Waals surface area (Å²) < 4.78 is 1.80. The molecule has 2 bridgehead atoms. The molecule has 1 aromatic rings. The molecule has 4 heteroatoms. The number of nitrogens with one attached hydrogen (secondary N) is 1. The number of rotatable bonds is 4. The molecule has 3 rings (SSSR count). The Bertz CT molecular complexity index is 520. The molecular weight excluding hydrogens is 250 g/mol. The Hall–Kier alpha value is -1.32. The van der Waals surface area contributed by atoms with Gasteiger partial charge in [-0.15, -0.1) is 0 Å². The van der Waals surface area contributed by atoms with Crippen LogP contribution in [-0.4, -0.2) is 15.7 Å². The van der Waals surface area contributed by atoms with Gasteiger partial charge in [0.1, 0.15) is 5.82 Å². The van der Waals surface area contributed by atoms with Gasteiger partial charge in [0.2, 0.25) is 5.91 Å². The standard InChI is InChI=1S/C16H25N3O/c1-4-14-10(2)16(19(3)18-14)17-15(20)9-13-8-11-5-6-12(13)7-11/h11-13H,4-9H2,1-3H3,(H,17,20)/t11-,12+,13+/m0/s1. The molecule has 2 fully saturated rings. The summed E-state index contributed by atoms with van der Waals surface area (Å²) in [6, 6.07) is 0. The van der Waals surface area contributed by atoms with Gasteiger partial charge >= 0.3 is 0 Å². The maximum Gasteiger partial charge on any atom is 0.225 e. The molecule has 4 nitrogen and oxygen atoms in total. The van der Waals surface area contributed by atoms with Crippen LogP contribution in [0.2, 0.25) is 0 Å². The Morgan fingerprint density at radius 2 is 2.20 bits per heavy atom. The zero-order valence-electron chi connectivity index (χ0n) is 12.8. The number of aryl methyl sites for hydroxylation is 2. The lowest BCUT2D eigenvalue weighted by atomic mass is 9.86. The van der Waals surface area contributed by atoms with Crippen molar-refractivity contribution in [2.45, 2.75) is 52.4 Å². The van der Waals surface area contributed by atoms with E-state index < -0.39 is 0 Å². The third kappa shape index (κ3) is 2.36. The molecular formula is C16H25N3O. The third-order valence-corrected chi connectivity index (χ3v) is 5.31. The van der Waals surface area contributed by atoms with Gasteiger partial charge in [-0.05, 0) is 50.4 Å². The highest BCUT2D eigenvalue weighted by molar-refractivity contribution is 5.90. The average Bonchev–Trinajstić information content (AvgIpc) is 3.09. The molecule has 0 saturated heterocycles. The second kappa shape index (κ2) is 5.23. The highest BCUT2D eigenvalue weighted by atomic mass is 16.1. The van der Waals surface area contributed by atoms with Crippen LogP contribution in [0.3, 0.4) is 0 Å². The molecule has 2 aliphatic carbocycles. The number of fused-ring (bicyclic) bond motifs is 2. The van der Waals surface area contributed by atoms with E-state index >= 15 is 0 Å². The van der Waals surface area contributed by atoms with Crippen LogP contribution in [0.5, 0.6) is 0 Å². The largest absolute Gasteiger partial charge is 0.311 e. The average molecular weight is 275 g/mol. The highest BCUT2D eigenvalue weighted by Gasteiger charge is 2.40. The zero-order chi connectivity index (χ0) is 14.3. The van der Waals surface area contributed by atoms with Crippen molar-refractivity contribution in [1.29, 1.82) is 0 Å². The second-order valence-electron chi connectivity index (χ2n) is 6.58. The number of hydrogen-bond acceptors (Lipinski definition) is 2. The monoisotopic (exact) mass is 275 g/mol. The SMILES string of the molecule is CCc1nn(C)c(NC(=O)C[C@H]2C[C@H]3CC[C@@H]2C3)c1C. The van der Waals surface area contributed by atoms with Crippen LogP contribution in [0.15, 0.2) is 0 Å². The van der Waals surface area contributed by atoms with E-state index in [1.165, 1.54) is 25.7 Å². The molecule has 3 atom stereocenters. The molecule has 0 spiro atoms. The number of aromatic nitrogens is 2. The van der Waals surface area contributed by atoms with Crippen molar-refractivity contribution in [3.05, 3.63) is 11.3 Å². The van der Waals surface area contributed by atoms with E-state index in [-0.39, 0.29) is 5.91 Å². The van der Waals surface area contributed by atoms with Crippen LogP contribution < -0.4 is 5.32 Å². The van der Waals surface area contributed by atoms with E-state index in [0.717, 1.165) is 35.3 Å². The van der Waals surface area contributed by atoms with Gasteiger partial charge in [-0.2, -0.15) is 5.10 Å². The molecule has 1 aromatic heterocycles. The quantitative estimate of drug-likeness (QED) is 0.918. The molecule has 1 N–H and O–H groups in total. The van der Waals surface area contributed by atoms with Crippen LogP contribution in [-0.2, 0) is 18.3 Å². The number of amides is 1. The fraction of sp³-hybridized carbons (Fsp3) is 0.750. The number of hydrogen-bond donors (Lipinski definition) is 1. The van der Waals surface area contributed by atoms with Crippen molar-refractivity contribution in [3.63, 3.8) is 0 Å². The maximum absolute atomic E-state index is 12.3. The van der Waals surface area contributed by atoms with E-state index in [4.69, 9.17) is 0 Å². The molecule has 1 amide bonds. The van der Waals surface area contributed by atoms with Crippen LogP contribution >= 0.6 is 0 Å². The van der Waals surface area contributed by atoms with Gasteiger partial charge in [-0.1, -0.05) is 13.3 Å². The Labute approximate surface area is 120 Å². The minimum atomic E-state index is 0.163. The second-order valence-corrected chi connectivity index (χ2v) is 6.58. The fourth-order valence-electron chi connectivity index (χ4n) is 4.24. The summed E-state index contributed by atoms with van der Waals surface area (Å²) in [5, 5.41) is 7.53. The number of carbonyl (C=O) groups is 1. The minimum absolute atomic E-state index is 0.163. The Kier molecular flexibility index (Phi) is 3.57. The van der Waals surface area contributed by atoms with Crippen LogP contribution in [0.1, 0.15) is 50.3 Å². The van der Waals surface area contributed by atoms with Crippen molar-refractivity contribution in [2.75, 3.05) is 5.32 Å². The first-order chi connectivity index (χ1) is 9.58. The van der Waals surface area contributed by atoms with Crippen molar-refractivity contribution in [3.8, 4) is 0 Å². The summed E-state index contributed by atoms with van der Waals surface area (Å²) in [4.78, 5) is 12.3. The lowest BCUT2D eigenvalue weighted by Crippen LogP contribution is -2.21. The van der Waals surface area contributed by atoms with E-state index in [1.54, 1.807) is 4.68 Å². The Morgan fingerprint density at radius 1 is 1.40 bits per heavy atom. The maximum atomic E-state index is 12.3. The van der Waals surface area contributed by atoms with Gasteiger partial charge in [0.15, 0.2) is 0 Å². The van der Waals surface area contributed by atoms with Crippen LogP contribution in [0.4, 0.5) is 5.82 Å². The predicted molar refractivity (Wildman–Crippen MR) is 79.5 cm³/mol. The van der Waals surface area contributed by atoms with Gasteiger partial charge in [0.05, 0.1) is 5.69 Å². The molecule has 0 aliphatic heterocycles. The first-order valence-electron chi connectivity index (χ1n) is 7.90. The van der Waals surface area contributed by atoms with Crippen molar-refractivity contribution >= 4 is 11.7 Å². The zero-order valence-corrected chi connectivity index (χ0v) is 12.8. The summed E-state index contributed by atoms with van der Waals surface area (Å²) >= 11 is 0. The predicted octanol–water partition coefficient (Wildman–Crippen LogP) is 3.06. The Morgan fingerprint density at radius 3 is 2.75 bits per heavy atom. The first-order valence-corrected chi connectivity index (χ1v) is 7.90. The van der Waals surface area contributed by atoms with Gasteiger partial charge < -0.3 is 5.32 Å². The first kappa shape index (κ1) is 13.7. The summed E-state index contributed by atoms with van der Waals surface area (Å²) in [5.74, 6) is 3.37. The molecule has 1 heterocycles. The number of nitrogens with zero attached hydrogens (tertiary/aromatic N) is 2. The van der Waals surface area contributed by atoms with Gasteiger partial charge in [-0.3, -0.25) is 9.48 Å². The summed E-state index contributed by atoms with van der Waals surface area (Å²) in [6.07, 6.45) is 6.96. The van der Waals surface area contributed by atoms with Crippen molar-refractivity contribution < 1.29 is 4.79 Å². The van der Waals surface area contributed by atoms with E-state index in [9.17, 15) is 4.79 Å². The summed E-state index contributed by atoms with van der Waals surface area (Å²) in [7, 11) is 1.90. The normalized spacial score (nSPS) is 28.1. The minimum Gasteiger partial charge on any atom is -0.311 e. The van der Waals surface area contributed by atoms with E-state index in [0.29, 0.717) is 12.3 Å². The topological polar surface area (TPSA) is 46.9 Å². The molecule has 110 valence electrons. The highest BCUT2D eigenvalue weighted by Crippen LogP contribution is 2.49. The lowest BCUT2D eigenvalue weighted by molar-refractivity contribution is -0.117. The summed E-state index contributed by atoms with van der Waals surface area (Å²) in [6.45, 7) is 4.13. The van der Waals surface area contributed by atoms with Crippen LogP contribution in [0.25, 0.3) is 0 Å². The van der Waals surface area contributed by atoms with E-state index in [2.05, 4.69) is 17.3 Å². The smallest absolute Gasteiger partial charge is 0.225 e. The van der Waals surface area contributed by atoms with Gasteiger partial charge in [0.25, 0.3) is 0 Å².